The number of carbonyl (C=O) groups is 1. The second kappa shape index (κ2) is 5.32. The first-order valence-corrected chi connectivity index (χ1v) is 6.19. The highest BCUT2D eigenvalue weighted by atomic mass is 16.4. The Hall–Kier alpha value is -1.35. The van der Waals surface area contributed by atoms with Crippen molar-refractivity contribution in [1.82, 2.24) is 4.90 Å². The predicted octanol–water partition coefficient (Wildman–Crippen LogP) is 2.09. The third kappa shape index (κ3) is 3.07. The third-order valence-corrected chi connectivity index (χ3v) is 3.42. The van der Waals surface area contributed by atoms with Gasteiger partial charge in [0.1, 0.15) is 6.04 Å². The van der Waals surface area contributed by atoms with Crippen LogP contribution < -0.4 is 0 Å². The molecule has 1 aromatic carbocycles. The molecule has 1 fully saturated rings. The van der Waals surface area contributed by atoms with Crippen molar-refractivity contribution in [3.63, 3.8) is 0 Å². The molecule has 1 heterocycles. The molecular weight excluding hydrogens is 214 g/mol. The van der Waals surface area contributed by atoms with Gasteiger partial charge in [0.25, 0.3) is 0 Å². The zero-order chi connectivity index (χ0) is 12.3. The number of rotatable bonds is 4. The highest BCUT2D eigenvalue weighted by molar-refractivity contribution is 5.74. The molecule has 0 unspecified atom stereocenters. The van der Waals surface area contributed by atoms with Crippen LogP contribution >= 0.6 is 0 Å². The van der Waals surface area contributed by atoms with Crippen molar-refractivity contribution in [3.8, 4) is 0 Å². The topological polar surface area (TPSA) is 40.5 Å². The number of aryl methyl sites for hydroxylation is 1. The molecule has 17 heavy (non-hydrogen) atoms. The lowest BCUT2D eigenvalue weighted by molar-refractivity contribution is -0.142. The molecule has 3 heteroatoms. The summed E-state index contributed by atoms with van der Waals surface area (Å²) in [6.45, 7) is 3.88. The fourth-order valence-corrected chi connectivity index (χ4v) is 2.37. The van der Waals surface area contributed by atoms with E-state index in [1.165, 1.54) is 5.56 Å². The van der Waals surface area contributed by atoms with Crippen molar-refractivity contribution in [1.29, 1.82) is 0 Å². The molecule has 3 nitrogen and oxygen atoms in total. The molecule has 0 bridgehead atoms. The Morgan fingerprint density at radius 2 is 1.88 bits per heavy atom. The molecule has 1 N–H and O–H groups in total. The Morgan fingerprint density at radius 3 is 2.41 bits per heavy atom. The number of likely N-dealkylation sites (tertiary alicyclic amines) is 1. The minimum absolute atomic E-state index is 0.361. The standard InChI is InChI=1S/C14H19NO2/c1-11-4-6-12(7-5-11)10-13(14(16)17)15-8-2-3-9-15/h4-7,13H,2-3,8-10H2,1H3,(H,16,17)/t13-/m0/s1. The number of carboxylic acid groups (broad SMARTS) is 1. The van der Waals surface area contributed by atoms with Crippen LogP contribution in [0.15, 0.2) is 24.3 Å². The normalized spacial score (nSPS) is 18.2. The summed E-state index contributed by atoms with van der Waals surface area (Å²) < 4.78 is 0. The van der Waals surface area contributed by atoms with Gasteiger partial charge in [-0.25, -0.2) is 0 Å². The lowest BCUT2D eigenvalue weighted by Gasteiger charge is -2.23. The Balaban J connectivity index is 2.06. The first-order valence-electron chi connectivity index (χ1n) is 6.19. The molecule has 0 saturated carbocycles. The average molecular weight is 233 g/mol. The second-order valence-corrected chi connectivity index (χ2v) is 4.79. The average Bonchev–Trinajstić information content (AvgIpc) is 2.81. The first-order chi connectivity index (χ1) is 8.16. The molecule has 2 rings (SSSR count). The maximum absolute atomic E-state index is 11.3. The van der Waals surface area contributed by atoms with Crippen LogP contribution in [0.2, 0.25) is 0 Å². The van der Waals surface area contributed by atoms with Gasteiger partial charge in [-0.2, -0.15) is 0 Å². The van der Waals surface area contributed by atoms with Gasteiger partial charge >= 0.3 is 5.97 Å². The predicted molar refractivity (Wildman–Crippen MR) is 67.1 cm³/mol. The Kier molecular flexibility index (Phi) is 3.79. The van der Waals surface area contributed by atoms with Gasteiger partial charge in [-0.15, -0.1) is 0 Å². The highest BCUT2D eigenvalue weighted by Crippen LogP contribution is 2.16. The van der Waals surface area contributed by atoms with Crippen LogP contribution in [-0.4, -0.2) is 35.1 Å². The van der Waals surface area contributed by atoms with E-state index >= 15 is 0 Å². The molecule has 0 aromatic heterocycles. The van der Waals surface area contributed by atoms with E-state index in [1.807, 2.05) is 31.2 Å². The first kappa shape index (κ1) is 12.1. The van der Waals surface area contributed by atoms with Crippen molar-refractivity contribution in [2.45, 2.75) is 32.2 Å². The van der Waals surface area contributed by atoms with Gasteiger partial charge in [0.2, 0.25) is 0 Å². The molecule has 1 saturated heterocycles. The summed E-state index contributed by atoms with van der Waals surface area (Å²) in [5.74, 6) is -0.701. The summed E-state index contributed by atoms with van der Waals surface area (Å²) in [6.07, 6.45) is 2.85. The summed E-state index contributed by atoms with van der Waals surface area (Å²) in [4.78, 5) is 13.4. The number of hydrogen-bond donors (Lipinski definition) is 1. The lowest BCUT2D eigenvalue weighted by atomic mass is 10.0. The van der Waals surface area contributed by atoms with Gasteiger partial charge in [-0.3, -0.25) is 9.69 Å². The zero-order valence-electron chi connectivity index (χ0n) is 10.2. The quantitative estimate of drug-likeness (QED) is 0.865. The summed E-state index contributed by atoms with van der Waals surface area (Å²) in [6, 6.07) is 7.78. The lowest BCUT2D eigenvalue weighted by Crippen LogP contribution is -2.40. The van der Waals surface area contributed by atoms with E-state index in [0.717, 1.165) is 31.5 Å². The highest BCUT2D eigenvalue weighted by Gasteiger charge is 2.27. The summed E-state index contributed by atoms with van der Waals surface area (Å²) in [5, 5.41) is 9.31. The van der Waals surface area contributed by atoms with E-state index in [1.54, 1.807) is 0 Å². The van der Waals surface area contributed by atoms with Gasteiger partial charge in [0.05, 0.1) is 0 Å². The minimum Gasteiger partial charge on any atom is -0.480 e. The second-order valence-electron chi connectivity index (χ2n) is 4.79. The summed E-state index contributed by atoms with van der Waals surface area (Å²) in [7, 11) is 0. The van der Waals surface area contributed by atoms with Crippen molar-refractivity contribution in [2.24, 2.45) is 0 Å². The van der Waals surface area contributed by atoms with Crippen LogP contribution in [0.1, 0.15) is 24.0 Å². The summed E-state index contributed by atoms with van der Waals surface area (Å²) in [5.41, 5.74) is 2.32. The van der Waals surface area contributed by atoms with Crippen LogP contribution in [0.25, 0.3) is 0 Å². The van der Waals surface area contributed by atoms with E-state index < -0.39 is 5.97 Å². The molecule has 0 radical (unpaired) electrons. The molecule has 1 atom stereocenters. The van der Waals surface area contributed by atoms with Crippen molar-refractivity contribution < 1.29 is 9.90 Å². The summed E-state index contributed by atoms with van der Waals surface area (Å²) >= 11 is 0. The molecule has 0 amide bonds. The monoisotopic (exact) mass is 233 g/mol. The fraction of sp³-hybridized carbons (Fsp3) is 0.500. The van der Waals surface area contributed by atoms with Crippen LogP contribution in [-0.2, 0) is 11.2 Å². The number of benzene rings is 1. The Bertz CT molecular complexity index is 380. The molecule has 0 aliphatic carbocycles. The zero-order valence-corrected chi connectivity index (χ0v) is 10.2. The van der Waals surface area contributed by atoms with Gasteiger partial charge in [-0.1, -0.05) is 29.8 Å². The number of nitrogens with zero attached hydrogens (tertiary/aromatic N) is 1. The van der Waals surface area contributed by atoms with Gasteiger partial charge in [0.15, 0.2) is 0 Å². The van der Waals surface area contributed by atoms with Gasteiger partial charge < -0.3 is 5.11 Å². The molecule has 1 aromatic rings. The molecule has 1 aliphatic rings. The van der Waals surface area contributed by atoms with E-state index in [9.17, 15) is 9.90 Å². The maximum Gasteiger partial charge on any atom is 0.321 e. The fourth-order valence-electron chi connectivity index (χ4n) is 2.37. The molecular formula is C14H19NO2. The molecule has 1 aliphatic heterocycles. The Labute approximate surface area is 102 Å². The van der Waals surface area contributed by atoms with Crippen LogP contribution in [0.5, 0.6) is 0 Å². The van der Waals surface area contributed by atoms with Gasteiger partial charge in [0, 0.05) is 0 Å². The van der Waals surface area contributed by atoms with E-state index in [2.05, 4.69) is 4.90 Å². The van der Waals surface area contributed by atoms with Crippen molar-refractivity contribution in [3.05, 3.63) is 35.4 Å². The minimum atomic E-state index is -0.701. The van der Waals surface area contributed by atoms with Gasteiger partial charge in [-0.05, 0) is 44.8 Å². The van der Waals surface area contributed by atoms with Crippen LogP contribution in [0, 0.1) is 6.92 Å². The SMILES string of the molecule is Cc1ccc(C[C@@H](C(=O)O)N2CCCC2)cc1. The smallest absolute Gasteiger partial charge is 0.321 e. The van der Waals surface area contributed by atoms with E-state index in [-0.39, 0.29) is 6.04 Å². The Morgan fingerprint density at radius 1 is 1.29 bits per heavy atom. The third-order valence-electron chi connectivity index (χ3n) is 3.42. The number of carboxylic acids is 1. The van der Waals surface area contributed by atoms with Crippen molar-refractivity contribution in [2.75, 3.05) is 13.1 Å². The molecule has 92 valence electrons. The van der Waals surface area contributed by atoms with Crippen molar-refractivity contribution >= 4 is 5.97 Å². The molecule has 0 spiro atoms. The maximum atomic E-state index is 11.3. The van der Waals surface area contributed by atoms with Crippen LogP contribution in [0.4, 0.5) is 0 Å². The van der Waals surface area contributed by atoms with E-state index in [0.29, 0.717) is 6.42 Å². The van der Waals surface area contributed by atoms with E-state index in [4.69, 9.17) is 0 Å². The number of hydrogen-bond acceptors (Lipinski definition) is 2. The largest absolute Gasteiger partial charge is 0.480 e. The number of aliphatic carboxylic acids is 1. The van der Waals surface area contributed by atoms with Crippen LogP contribution in [0.3, 0.4) is 0 Å².